The zero-order valence-corrected chi connectivity index (χ0v) is 10.2. The van der Waals surface area contributed by atoms with Crippen LogP contribution in [0.4, 0.5) is 0 Å². The molecule has 15 heavy (non-hydrogen) atoms. The summed E-state index contributed by atoms with van der Waals surface area (Å²) in [5, 5.41) is 0. The van der Waals surface area contributed by atoms with Gasteiger partial charge in [0, 0.05) is 0 Å². The molecular weight excluding hydrogens is 184 g/mol. The smallest absolute Gasteiger partial charge is 0.142 e. The Balaban J connectivity index is 3.36. The van der Waals surface area contributed by atoms with Crippen LogP contribution in [0.1, 0.15) is 58.8 Å². The Morgan fingerprint density at radius 2 is 1.73 bits per heavy atom. The molecule has 0 heterocycles. The number of unbranched alkanes of at least 4 members (excludes halogenated alkanes) is 6. The van der Waals surface area contributed by atoms with Gasteiger partial charge in [-0.2, -0.15) is 0 Å². The molecule has 0 aromatic carbocycles. The first kappa shape index (κ1) is 14.2. The van der Waals surface area contributed by atoms with Gasteiger partial charge in [0.15, 0.2) is 0 Å². The van der Waals surface area contributed by atoms with Gasteiger partial charge in [-0.15, -0.1) is 0 Å². The highest BCUT2D eigenvalue weighted by molar-refractivity contribution is 5.65. The molecule has 1 nitrogen and oxygen atoms in total. The van der Waals surface area contributed by atoms with E-state index in [-0.39, 0.29) is 0 Å². The number of carbonyl (C=O) groups excluding carboxylic acids is 1. The van der Waals surface area contributed by atoms with Crippen LogP contribution in [-0.4, -0.2) is 6.29 Å². The van der Waals surface area contributed by atoms with Crippen molar-refractivity contribution in [2.75, 3.05) is 0 Å². The van der Waals surface area contributed by atoms with Crippen molar-refractivity contribution < 1.29 is 4.79 Å². The van der Waals surface area contributed by atoms with Gasteiger partial charge >= 0.3 is 0 Å². The molecule has 0 aliphatic rings. The van der Waals surface area contributed by atoms with Crippen LogP contribution in [0.5, 0.6) is 0 Å². The maximum Gasteiger partial charge on any atom is 0.142 e. The van der Waals surface area contributed by atoms with E-state index in [9.17, 15) is 4.79 Å². The average molecular weight is 208 g/mol. The topological polar surface area (TPSA) is 17.1 Å². The standard InChI is InChI=1S/C14H24O/c1-3-4-5-6-7-8-9-11-14(2)12-10-13-15/h10-13H,3-9H2,1-2H3. The van der Waals surface area contributed by atoms with Gasteiger partial charge in [-0.25, -0.2) is 0 Å². The number of rotatable bonds is 9. The monoisotopic (exact) mass is 208 g/mol. The molecule has 0 aromatic heterocycles. The lowest BCUT2D eigenvalue weighted by Gasteiger charge is -1.98. The quantitative estimate of drug-likeness (QED) is 0.237. The fourth-order valence-electron chi connectivity index (χ4n) is 1.51. The second kappa shape index (κ2) is 11.2. The van der Waals surface area contributed by atoms with Crippen LogP contribution in [0, 0.1) is 0 Å². The molecule has 0 unspecified atom stereocenters. The molecule has 0 aliphatic carbocycles. The van der Waals surface area contributed by atoms with E-state index in [1.165, 1.54) is 44.1 Å². The Hall–Kier alpha value is -0.850. The zero-order valence-electron chi connectivity index (χ0n) is 10.2. The molecule has 0 fully saturated rings. The van der Waals surface area contributed by atoms with Gasteiger partial charge in [-0.3, -0.25) is 4.79 Å². The fraction of sp³-hybridized carbons (Fsp3) is 0.643. The van der Waals surface area contributed by atoms with Crippen molar-refractivity contribution in [3.05, 3.63) is 23.8 Å². The first-order valence-electron chi connectivity index (χ1n) is 6.10. The third-order valence-electron chi connectivity index (χ3n) is 2.46. The first-order valence-corrected chi connectivity index (χ1v) is 6.10. The third kappa shape index (κ3) is 11.1. The summed E-state index contributed by atoms with van der Waals surface area (Å²) in [5.41, 5.74) is 1.19. The van der Waals surface area contributed by atoms with E-state index in [4.69, 9.17) is 0 Å². The highest BCUT2D eigenvalue weighted by atomic mass is 16.1. The molecule has 0 N–H and O–H groups in total. The highest BCUT2D eigenvalue weighted by Crippen LogP contribution is 2.08. The molecule has 0 saturated carbocycles. The van der Waals surface area contributed by atoms with Gasteiger partial charge in [0.2, 0.25) is 0 Å². The van der Waals surface area contributed by atoms with Gasteiger partial charge < -0.3 is 0 Å². The normalized spacial score (nSPS) is 12.3. The van der Waals surface area contributed by atoms with Crippen molar-refractivity contribution in [1.29, 1.82) is 0 Å². The number of hydrogen-bond donors (Lipinski definition) is 0. The molecule has 0 rings (SSSR count). The van der Waals surface area contributed by atoms with Crippen LogP contribution >= 0.6 is 0 Å². The predicted octanol–water partition coefficient (Wildman–Crippen LogP) is 4.44. The summed E-state index contributed by atoms with van der Waals surface area (Å²) in [4.78, 5) is 10.1. The van der Waals surface area contributed by atoms with Gasteiger partial charge in [-0.1, -0.05) is 56.8 Å². The number of allylic oxidation sites excluding steroid dienone is 4. The molecule has 0 spiro atoms. The molecule has 0 radical (unpaired) electrons. The van der Waals surface area contributed by atoms with Gasteiger partial charge in [0.1, 0.15) is 6.29 Å². The summed E-state index contributed by atoms with van der Waals surface area (Å²) in [6, 6.07) is 0. The van der Waals surface area contributed by atoms with Crippen LogP contribution in [0.15, 0.2) is 23.8 Å². The van der Waals surface area contributed by atoms with E-state index in [2.05, 4.69) is 13.0 Å². The minimum atomic E-state index is 0.822. The lowest BCUT2D eigenvalue weighted by atomic mass is 10.1. The van der Waals surface area contributed by atoms with Crippen LogP contribution in [-0.2, 0) is 4.79 Å². The Morgan fingerprint density at radius 1 is 1.07 bits per heavy atom. The Kier molecular flexibility index (Phi) is 10.6. The fourth-order valence-corrected chi connectivity index (χ4v) is 1.51. The summed E-state index contributed by atoms with van der Waals surface area (Å²) >= 11 is 0. The van der Waals surface area contributed by atoms with E-state index >= 15 is 0 Å². The van der Waals surface area contributed by atoms with Crippen molar-refractivity contribution >= 4 is 6.29 Å². The van der Waals surface area contributed by atoms with E-state index in [1.54, 1.807) is 6.08 Å². The summed E-state index contributed by atoms with van der Waals surface area (Å²) < 4.78 is 0. The lowest BCUT2D eigenvalue weighted by Crippen LogP contribution is -1.78. The van der Waals surface area contributed by atoms with E-state index < -0.39 is 0 Å². The molecule has 0 aliphatic heterocycles. The first-order chi connectivity index (χ1) is 7.31. The summed E-state index contributed by atoms with van der Waals surface area (Å²) in [6.07, 6.45) is 15.6. The van der Waals surface area contributed by atoms with E-state index in [0.29, 0.717) is 0 Å². The van der Waals surface area contributed by atoms with Crippen molar-refractivity contribution in [2.45, 2.75) is 58.8 Å². The average Bonchev–Trinajstić information content (AvgIpc) is 2.25. The lowest BCUT2D eigenvalue weighted by molar-refractivity contribution is -0.104. The Morgan fingerprint density at radius 3 is 2.40 bits per heavy atom. The highest BCUT2D eigenvalue weighted by Gasteiger charge is 1.88. The zero-order chi connectivity index (χ0) is 11.4. The van der Waals surface area contributed by atoms with Crippen molar-refractivity contribution in [3.8, 4) is 0 Å². The van der Waals surface area contributed by atoms with Crippen molar-refractivity contribution in [3.63, 3.8) is 0 Å². The molecule has 0 aromatic rings. The van der Waals surface area contributed by atoms with E-state index in [1.807, 2.05) is 13.0 Å². The van der Waals surface area contributed by atoms with Crippen LogP contribution < -0.4 is 0 Å². The minimum Gasteiger partial charge on any atom is -0.299 e. The second-order valence-electron chi connectivity index (χ2n) is 4.00. The molecule has 0 amide bonds. The van der Waals surface area contributed by atoms with Crippen molar-refractivity contribution in [2.24, 2.45) is 0 Å². The maximum atomic E-state index is 10.1. The van der Waals surface area contributed by atoms with Crippen LogP contribution in [0.2, 0.25) is 0 Å². The molecular formula is C14H24O. The van der Waals surface area contributed by atoms with E-state index in [0.717, 1.165) is 12.7 Å². The van der Waals surface area contributed by atoms with Gasteiger partial charge in [0.25, 0.3) is 0 Å². The Labute approximate surface area is 94.3 Å². The second-order valence-corrected chi connectivity index (χ2v) is 4.00. The third-order valence-corrected chi connectivity index (χ3v) is 2.46. The number of hydrogen-bond acceptors (Lipinski definition) is 1. The van der Waals surface area contributed by atoms with Gasteiger partial charge in [-0.05, 0) is 25.8 Å². The predicted molar refractivity (Wildman–Crippen MR) is 67.0 cm³/mol. The van der Waals surface area contributed by atoms with Crippen LogP contribution in [0.25, 0.3) is 0 Å². The Bertz CT molecular complexity index is 201. The SMILES string of the molecule is CCCCCCCCC=C(C)C=CC=O. The van der Waals surface area contributed by atoms with Gasteiger partial charge in [0.05, 0.1) is 0 Å². The van der Waals surface area contributed by atoms with Crippen LogP contribution in [0.3, 0.4) is 0 Å². The largest absolute Gasteiger partial charge is 0.299 e. The molecule has 0 bridgehead atoms. The molecule has 86 valence electrons. The minimum absolute atomic E-state index is 0.822. The molecule has 1 heteroatoms. The molecule has 0 atom stereocenters. The number of aldehydes is 1. The molecule has 0 saturated heterocycles. The summed E-state index contributed by atoms with van der Waals surface area (Å²) in [5.74, 6) is 0. The van der Waals surface area contributed by atoms with Crippen molar-refractivity contribution in [1.82, 2.24) is 0 Å². The number of carbonyl (C=O) groups is 1. The maximum absolute atomic E-state index is 10.1. The summed E-state index contributed by atoms with van der Waals surface area (Å²) in [7, 11) is 0. The summed E-state index contributed by atoms with van der Waals surface area (Å²) in [6.45, 7) is 4.28.